The lowest BCUT2D eigenvalue weighted by atomic mass is 10.1. The maximum absolute atomic E-state index is 13.0. The minimum absolute atomic E-state index is 0.0295. The van der Waals surface area contributed by atoms with Crippen LogP contribution in [0.4, 0.5) is 23.1 Å². The third kappa shape index (κ3) is 6.07. The number of nitrogens with one attached hydrogen (secondary N) is 1. The van der Waals surface area contributed by atoms with E-state index in [0.717, 1.165) is 31.5 Å². The van der Waals surface area contributed by atoms with Crippen molar-refractivity contribution in [1.82, 2.24) is 15.0 Å². The molecule has 11 nitrogen and oxygen atoms in total. The van der Waals surface area contributed by atoms with Crippen LogP contribution in [0.3, 0.4) is 0 Å². The van der Waals surface area contributed by atoms with Crippen LogP contribution < -0.4 is 19.9 Å². The molecule has 1 atom stereocenters. The largest absolute Gasteiger partial charge is 0.489 e. The Bertz CT molecular complexity index is 1240. The third-order valence-electron chi connectivity index (χ3n) is 8.30. The second-order valence-corrected chi connectivity index (χ2v) is 16.8. The molecular weight excluding hydrogens is 528 g/mol. The number of amides is 1. The standard InChI is InChI=1S/C28H42N6O5Si/c1-18-25(35)33(5)22-17-30-27(32-24(22)34(18)19-11-9-10-12-19)31-21-16-29-20(26(36)37-6)15-23(21)38-13-14-39-40(7,8)28(2,3)4/h15-19H,9-14H2,1-8H3,(H,30,31,32)/t18-/m1/s1. The summed E-state index contributed by atoms with van der Waals surface area (Å²) in [5, 5.41) is 3.30. The number of methoxy groups -OCH3 is 1. The quantitative estimate of drug-likeness (QED) is 0.253. The van der Waals surface area contributed by atoms with Gasteiger partial charge in [-0.1, -0.05) is 33.6 Å². The molecule has 3 heterocycles. The van der Waals surface area contributed by atoms with Crippen LogP contribution in [0.25, 0.3) is 0 Å². The summed E-state index contributed by atoms with van der Waals surface area (Å²) in [7, 11) is 1.13. The number of anilines is 4. The number of carbonyl (C=O) groups excluding carboxylic acids is 2. The highest BCUT2D eigenvalue weighted by molar-refractivity contribution is 6.74. The number of fused-ring (bicyclic) bond motifs is 1. The Hall–Kier alpha value is -3.25. The minimum Gasteiger partial charge on any atom is -0.489 e. The number of carbonyl (C=O) groups is 2. The molecule has 2 aromatic heterocycles. The molecule has 1 aliphatic heterocycles. The van der Waals surface area contributed by atoms with E-state index in [1.807, 2.05) is 6.92 Å². The Kier molecular flexibility index (Phi) is 8.69. The number of likely N-dealkylation sites (N-methyl/N-ethyl adjacent to an activating group) is 1. The average Bonchev–Trinajstić information content (AvgIpc) is 3.44. The first-order chi connectivity index (χ1) is 18.8. The van der Waals surface area contributed by atoms with Gasteiger partial charge in [0.05, 0.1) is 26.1 Å². The molecule has 0 unspecified atom stereocenters. The highest BCUT2D eigenvalue weighted by atomic mass is 28.4. The molecule has 0 aromatic carbocycles. The normalized spacial score (nSPS) is 18.1. The van der Waals surface area contributed by atoms with Crippen LogP contribution in [0.2, 0.25) is 18.1 Å². The minimum atomic E-state index is -1.94. The Morgan fingerprint density at radius 1 is 1.15 bits per heavy atom. The fraction of sp³-hybridized carbons (Fsp3) is 0.607. The molecule has 0 spiro atoms. The zero-order chi connectivity index (χ0) is 29.2. The molecule has 1 aliphatic carbocycles. The van der Waals surface area contributed by atoms with Gasteiger partial charge in [-0.25, -0.2) is 14.8 Å². The lowest BCUT2D eigenvalue weighted by Crippen LogP contribution is -2.54. The molecule has 2 aromatic rings. The van der Waals surface area contributed by atoms with Gasteiger partial charge < -0.3 is 29.0 Å². The molecule has 40 heavy (non-hydrogen) atoms. The van der Waals surface area contributed by atoms with Gasteiger partial charge in [0.1, 0.15) is 29.8 Å². The van der Waals surface area contributed by atoms with E-state index in [-0.39, 0.29) is 35.3 Å². The van der Waals surface area contributed by atoms with Crippen molar-refractivity contribution in [2.24, 2.45) is 0 Å². The van der Waals surface area contributed by atoms with E-state index < -0.39 is 14.3 Å². The summed E-state index contributed by atoms with van der Waals surface area (Å²) in [6.45, 7) is 13.6. The SMILES string of the molecule is COC(=O)c1cc(OCCO[Si](C)(C)C(C)(C)C)c(Nc2ncc3c(n2)N(C2CCCC2)[C@H](C)C(=O)N3C)cn1. The topological polar surface area (TPSA) is 119 Å². The van der Waals surface area contributed by atoms with Crippen LogP contribution in [0.5, 0.6) is 5.75 Å². The van der Waals surface area contributed by atoms with Gasteiger partial charge >= 0.3 is 5.97 Å². The molecule has 0 saturated heterocycles. The van der Waals surface area contributed by atoms with E-state index >= 15 is 0 Å². The highest BCUT2D eigenvalue weighted by Gasteiger charge is 2.40. The van der Waals surface area contributed by atoms with E-state index in [1.54, 1.807) is 18.1 Å². The molecule has 4 rings (SSSR count). The number of ether oxygens (including phenoxy) is 2. The first-order valence-electron chi connectivity index (χ1n) is 13.9. The number of nitrogens with zero attached hydrogens (tertiary/aromatic N) is 5. The average molecular weight is 571 g/mol. The molecule has 2 aliphatic rings. The number of hydrogen-bond acceptors (Lipinski definition) is 10. The van der Waals surface area contributed by atoms with Crippen molar-refractivity contribution in [1.29, 1.82) is 0 Å². The summed E-state index contributed by atoms with van der Waals surface area (Å²) in [4.78, 5) is 42.5. The van der Waals surface area contributed by atoms with Gasteiger partial charge in [-0.15, -0.1) is 0 Å². The number of esters is 1. The number of aromatic nitrogens is 3. The molecule has 1 amide bonds. The van der Waals surface area contributed by atoms with Crippen molar-refractivity contribution in [3.8, 4) is 5.75 Å². The highest BCUT2D eigenvalue weighted by Crippen LogP contribution is 2.40. The third-order valence-corrected chi connectivity index (χ3v) is 12.8. The predicted octanol–water partition coefficient (Wildman–Crippen LogP) is 4.92. The van der Waals surface area contributed by atoms with E-state index in [1.165, 1.54) is 19.4 Å². The van der Waals surface area contributed by atoms with Crippen molar-refractivity contribution in [2.75, 3.05) is 42.5 Å². The summed E-state index contributed by atoms with van der Waals surface area (Å²) in [5.41, 5.74) is 1.31. The lowest BCUT2D eigenvalue weighted by molar-refractivity contribution is -0.119. The van der Waals surface area contributed by atoms with Gasteiger partial charge in [0.25, 0.3) is 0 Å². The van der Waals surface area contributed by atoms with E-state index in [4.69, 9.17) is 18.9 Å². The van der Waals surface area contributed by atoms with Crippen molar-refractivity contribution in [3.05, 3.63) is 24.2 Å². The molecular formula is C28H42N6O5Si. The number of rotatable bonds is 9. The summed E-state index contributed by atoms with van der Waals surface area (Å²) >= 11 is 0. The van der Waals surface area contributed by atoms with Gasteiger partial charge in [0.15, 0.2) is 19.8 Å². The monoisotopic (exact) mass is 570 g/mol. The summed E-state index contributed by atoms with van der Waals surface area (Å²) < 4.78 is 17.2. The zero-order valence-corrected chi connectivity index (χ0v) is 25.9. The van der Waals surface area contributed by atoms with E-state index in [9.17, 15) is 9.59 Å². The van der Waals surface area contributed by atoms with Crippen molar-refractivity contribution in [2.45, 2.75) is 83.6 Å². The van der Waals surface area contributed by atoms with Crippen LogP contribution in [0.15, 0.2) is 18.5 Å². The summed E-state index contributed by atoms with van der Waals surface area (Å²) in [6.07, 6.45) is 7.51. The maximum Gasteiger partial charge on any atom is 0.356 e. The maximum atomic E-state index is 13.0. The van der Waals surface area contributed by atoms with Gasteiger partial charge in [0, 0.05) is 19.2 Å². The second-order valence-electron chi connectivity index (χ2n) is 12.0. The van der Waals surface area contributed by atoms with Gasteiger partial charge in [-0.2, -0.15) is 4.98 Å². The fourth-order valence-electron chi connectivity index (χ4n) is 4.88. The Balaban J connectivity index is 1.59. The van der Waals surface area contributed by atoms with Crippen LogP contribution >= 0.6 is 0 Å². The Morgan fingerprint density at radius 3 is 2.50 bits per heavy atom. The van der Waals surface area contributed by atoms with Gasteiger partial charge in [-0.05, 0) is 37.9 Å². The molecule has 1 saturated carbocycles. The number of hydrogen-bond donors (Lipinski definition) is 1. The van der Waals surface area contributed by atoms with Crippen LogP contribution in [-0.4, -0.2) is 74.6 Å². The smallest absolute Gasteiger partial charge is 0.356 e. The molecule has 218 valence electrons. The van der Waals surface area contributed by atoms with E-state index in [0.29, 0.717) is 29.7 Å². The fourth-order valence-corrected chi connectivity index (χ4v) is 5.90. The molecule has 12 heteroatoms. The van der Waals surface area contributed by atoms with Crippen LogP contribution in [-0.2, 0) is 14.0 Å². The zero-order valence-electron chi connectivity index (χ0n) is 24.9. The van der Waals surface area contributed by atoms with Crippen molar-refractivity contribution in [3.63, 3.8) is 0 Å². The van der Waals surface area contributed by atoms with Crippen molar-refractivity contribution >= 4 is 43.3 Å². The predicted molar refractivity (Wildman–Crippen MR) is 157 cm³/mol. The first kappa shape index (κ1) is 29.7. The lowest BCUT2D eigenvalue weighted by Gasteiger charge is -2.42. The summed E-state index contributed by atoms with van der Waals surface area (Å²) in [6, 6.07) is 1.48. The number of pyridine rings is 1. The molecule has 0 radical (unpaired) electrons. The van der Waals surface area contributed by atoms with E-state index in [2.05, 4.69) is 54.0 Å². The molecule has 1 fully saturated rings. The van der Waals surface area contributed by atoms with Gasteiger partial charge in [0.2, 0.25) is 11.9 Å². The summed E-state index contributed by atoms with van der Waals surface area (Å²) in [5.74, 6) is 0.939. The van der Waals surface area contributed by atoms with Crippen LogP contribution in [0, 0.1) is 0 Å². The molecule has 1 N–H and O–H groups in total. The first-order valence-corrected chi connectivity index (χ1v) is 16.8. The van der Waals surface area contributed by atoms with Crippen molar-refractivity contribution < 1.29 is 23.5 Å². The van der Waals surface area contributed by atoms with Crippen LogP contribution in [0.1, 0.15) is 63.9 Å². The second kappa shape index (κ2) is 11.7. The van der Waals surface area contributed by atoms with Gasteiger partial charge in [-0.3, -0.25) is 4.79 Å². The Morgan fingerprint density at radius 2 is 1.85 bits per heavy atom. The Labute approximate surface area is 237 Å². The molecule has 0 bridgehead atoms.